The predicted molar refractivity (Wildman–Crippen MR) is 63.9 cm³/mol. The van der Waals surface area contributed by atoms with Crippen molar-refractivity contribution < 1.29 is 5.11 Å². The van der Waals surface area contributed by atoms with Crippen LogP contribution in [0.15, 0.2) is 0 Å². The SMILES string of the molecule is CCCCCC(O)C1CSCCN1C. The standard InChI is InChI=1S/C11H23NOS/c1-3-4-5-6-11(13)10-9-14-8-7-12(10)2/h10-11,13H,3-9H2,1-2H3. The number of nitrogens with zero attached hydrogens (tertiary/aromatic N) is 1. The van der Waals surface area contributed by atoms with Crippen molar-refractivity contribution in [3.63, 3.8) is 0 Å². The van der Waals surface area contributed by atoms with Gasteiger partial charge in [0.1, 0.15) is 0 Å². The number of hydrogen-bond donors (Lipinski definition) is 1. The monoisotopic (exact) mass is 217 g/mol. The molecule has 0 bridgehead atoms. The second-order valence-electron chi connectivity index (χ2n) is 4.19. The minimum atomic E-state index is -0.112. The molecule has 0 aromatic rings. The van der Waals surface area contributed by atoms with Gasteiger partial charge in [0.25, 0.3) is 0 Å². The lowest BCUT2D eigenvalue weighted by Crippen LogP contribution is -2.46. The summed E-state index contributed by atoms with van der Waals surface area (Å²) in [6, 6.07) is 0.394. The summed E-state index contributed by atoms with van der Waals surface area (Å²) in [7, 11) is 2.13. The van der Waals surface area contributed by atoms with Crippen LogP contribution in [0.25, 0.3) is 0 Å². The van der Waals surface area contributed by atoms with Gasteiger partial charge in [-0.25, -0.2) is 0 Å². The average molecular weight is 217 g/mol. The molecule has 1 heterocycles. The quantitative estimate of drug-likeness (QED) is 0.712. The zero-order valence-corrected chi connectivity index (χ0v) is 10.2. The Labute approximate surface area is 92.1 Å². The van der Waals surface area contributed by atoms with Gasteiger partial charge < -0.3 is 5.11 Å². The highest BCUT2D eigenvalue weighted by molar-refractivity contribution is 7.99. The van der Waals surface area contributed by atoms with Crippen molar-refractivity contribution >= 4 is 11.8 Å². The lowest BCUT2D eigenvalue weighted by Gasteiger charge is -2.35. The van der Waals surface area contributed by atoms with E-state index >= 15 is 0 Å². The summed E-state index contributed by atoms with van der Waals surface area (Å²) in [6.07, 6.45) is 4.53. The molecule has 0 aliphatic carbocycles. The molecule has 0 radical (unpaired) electrons. The van der Waals surface area contributed by atoms with E-state index in [1.54, 1.807) is 0 Å². The first-order valence-corrected chi connectivity index (χ1v) is 6.87. The molecule has 0 saturated carbocycles. The molecule has 2 atom stereocenters. The van der Waals surface area contributed by atoms with E-state index in [0.29, 0.717) is 6.04 Å². The van der Waals surface area contributed by atoms with E-state index in [2.05, 4.69) is 18.9 Å². The molecule has 1 N–H and O–H groups in total. The number of aliphatic hydroxyl groups is 1. The van der Waals surface area contributed by atoms with Gasteiger partial charge in [0, 0.05) is 24.1 Å². The van der Waals surface area contributed by atoms with Crippen LogP contribution in [0.5, 0.6) is 0 Å². The maximum Gasteiger partial charge on any atom is 0.0703 e. The predicted octanol–water partition coefficient (Wildman–Crippen LogP) is 1.97. The molecule has 1 aliphatic rings. The number of thioether (sulfide) groups is 1. The largest absolute Gasteiger partial charge is 0.391 e. The smallest absolute Gasteiger partial charge is 0.0703 e. The summed E-state index contributed by atoms with van der Waals surface area (Å²) >= 11 is 1.97. The van der Waals surface area contributed by atoms with Crippen molar-refractivity contribution in [2.45, 2.75) is 44.8 Å². The maximum absolute atomic E-state index is 10.0. The van der Waals surface area contributed by atoms with Crippen LogP contribution in [-0.2, 0) is 0 Å². The Hall–Kier alpha value is 0.270. The van der Waals surface area contributed by atoms with Gasteiger partial charge in [-0.3, -0.25) is 4.90 Å². The summed E-state index contributed by atoms with van der Waals surface area (Å²) in [5.74, 6) is 2.32. The molecular weight excluding hydrogens is 194 g/mol. The molecule has 1 rings (SSSR count). The minimum absolute atomic E-state index is 0.112. The van der Waals surface area contributed by atoms with Gasteiger partial charge in [-0.2, -0.15) is 11.8 Å². The number of hydrogen-bond acceptors (Lipinski definition) is 3. The van der Waals surface area contributed by atoms with Crippen molar-refractivity contribution in [3.05, 3.63) is 0 Å². The lowest BCUT2D eigenvalue weighted by molar-refractivity contribution is 0.0675. The number of rotatable bonds is 5. The topological polar surface area (TPSA) is 23.5 Å². The van der Waals surface area contributed by atoms with E-state index in [4.69, 9.17) is 0 Å². The molecule has 0 aromatic carbocycles. The van der Waals surface area contributed by atoms with Crippen LogP contribution in [0.2, 0.25) is 0 Å². The molecule has 3 heteroatoms. The molecule has 1 aliphatic heterocycles. The first-order valence-electron chi connectivity index (χ1n) is 5.71. The van der Waals surface area contributed by atoms with Crippen LogP contribution in [0, 0.1) is 0 Å². The van der Waals surface area contributed by atoms with E-state index in [1.807, 2.05) is 11.8 Å². The van der Waals surface area contributed by atoms with Gasteiger partial charge in [0.15, 0.2) is 0 Å². The summed E-state index contributed by atoms with van der Waals surface area (Å²) < 4.78 is 0. The Morgan fingerprint density at radius 3 is 2.93 bits per heavy atom. The Bertz CT molecular complexity index is 154. The van der Waals surface area contributed by atoms with Crippen LogP contribution >= 0.6 is 11.8 Å². The zero-order chi connectivity index (χ0) is 10.4. The maximum atomic E-state index is 10.0. The number of likely N-dealkylation sites (N-methyl/N-ethyl adjacent to an activating group) is 1. The highest BCUT2D eigenvalue weighted by Crippen LogP contribution is 2.20. The van der Waals surface area contributed by atoms with Crippen molar-refractivity contribution in [1.82, 2.24) is 4.90 Å². The van der Waals surface area contributed by atoms with Crippen molar-refractivity contribution in [2.75, 3.05) is 25.1 Å². The second kappa shape index (κ2) is 6.70. The summed E-state index contributed by atoms with van der Waals surface area (Å²) in [5.41, 5.74) is 0. The van der Waals surface area contributed by atoms with Gasteiger partial charge in [-0.1, -0.05) is 26.2 Å². The Morgan fingerprint density at radius 2 is 2.29 bits per heavy atom. The van der Waals surface area contributed by atoms with Crippen molar-refractivity contribution in [1.29, 1.82) is 0 Å². The summed E-state index contributed by atoms with van der Waals surface area (Å²) in [4.78, 5) is 2.31. The first-order chi connectivity index (χ1) is 6.75. The summed E-state index contributed by atoms with van der Waals surface area (Å²) in [6.45, 7) is 3.33. The fourth-order valence-corrected chi connectivity index (χ4v) is 3.21. The first kappa shape index (κ1) is 12.3. The highest BCUT2D eigenvalue weighted by atomic mass is 32.2. The van der Waals surface area contributed by atoms with Crippen molar-refractivity contribution in [3.8, 4) is 0 Å². The van der Waals surface area contributed by atoms with E-state index in [9.17, 15) is 5.11 Å². The summed E-state index contributed by atoms with van der Waals surface area (Å²) in [5, 5.41) is 10.0. The molecule has 0 aromatic heterocycles. The molecule has 84 valence electrons. The number of aliphatic hydroxyl groups excluding tert-OH is 1. The molecule has 0 amide bonds. The molecule has 1 fully saturated rings. The lowest BCUT2D eigenvalue weighted by atomic mass is 10.0. The van der Waals surface area contributed by atoms with Gasteiger partial charge in [-0.05, 0) is 13.5 Å². The minimum Gasteiger partial charge on any atom is -0.391 e. The van der Waals surface area contributed by atoms with Gasteiger partial charge >= 0.3 is 0 Å². The van der Waals surface area contributed by atoms with E-state index in [-0.39, 0.29) is 6.10 Å². The van der Waals surface area contributed by atoms with Gasteiger partial charge in [0.2, 0.25) is 0 Å². The van der Waals surface area contributed by atoms with Gasteiger partial charge in [0.05, 0.1) is 6.10 Å². The number of unbranched alkanes of at least 4 members (excludes halogenated alkanes) is 2. The van der Waals surface area contributed by atoms with Crippen LogP contribution in [-0.4, -0.2) is 47.3 Å². The molecular formula is C11H23NOS. The second-order valence-corrected chi connectivity index (χ2v) is 5.34. The Kier molecular flexibility index (Phi) is 5.90. The molecule has 0 spiro atoms. The van der Waals surface area contributed by atoms with E-state index in [1.165, 1.54) is 25.0 Å². The fraction of sp³-hybridized carbons (Fsp3) is 1.00. The molecule has 14 heavy (non-hydrogen) atoms. The van der Waals surface area contributed by atoms with Crippen molar-refractivity contribution in [2.24, 2.45) is 0 Å². The third-order valence-corrected chi connectivity index (χ3v) is 4.04. The fourth-order valence-electron chi connectivity index (χ4n) is 1.91. The Morgan fingerprint density at radius 1 is 1.50 bits per heavy atom. The molecule has 2 unspecified atom stereocenters. The van der Waals surface area contributed by atoms with E-state index in [0.717, 1.165) is 18.7 Å². The van der Waals surface area contributed by atoms with Crippen LogP contribution in [0.4, 0.5) is 0 Å². The van der Waals surface area contributed by atoms with Gasteiger partial charge in [-0.15, -0.1) is 0 Å². The average Bonchev–Trinajstić information content (AvgIpc) is 2.18. The van der Waals surface area contributed by atoms with Crippen LogP contribution < -0.4 is 0 Å². The van der Waals surface area contributed by atoms with Crippen LogP contribution in [0.1, 0.15) is 32.6 Å². The normalized spacial score (nSPS) is 26.4. The molecule has 2 nitrogen and oxygen atoms in total. The highest BCUT2D eigenvalue weighted by Gasteiger charge is 2.25. The Balaban J connectivity index is 2.23. The third-order valence-electron chi connectivity index (χ3n) is 2.99. The van der Waals surface area contributed by atoms with Crippen LogP contribution in [0.3, 0.4) is 0 Å². The third kappa shape index (κ3) is 3.79. The molecule has 1 saturated heterocycles. The van der Waals surface area contributed by atoms with E-state index < -0.39 is 0 Å². The zero-order valence-electron chi connectivity index (χ0n) is 9.41.